The van der Waals surface area contributed by atoms with Crippen LogP contribution in [0.5, 0.6) is 5.75 Å². The highest BCUT2D eigenvalue weighted by molar-refractivity contribution is 7.99. The van der Waals surface area contributed by atoms with Gasteiger partial charge in [0.1, 0.15) is 5.75 Å². The summed E-state index contributed by atoms with van der Waals surface area (Å²) >= 11 is 7.28. The summed E-state index contributed by atoms with van der Waals surface area (Å²) in [5.41, 5.74) is 0.282. The maximum Gasteiger partial charge on any atom is 0.335 e. The smallest absolute Gasteiger partial charge is 0.335 e. The van der Waals surface area contributed by atoms with Gasteiger partial charge in [-0.2, -0.15) is 0 Å². The molecule has 3 aromatic rings. The molecule has 0 aliphatic rings. The molecule has 0 saturated carbocycles. The number of thioether (sulfide) groups is 1. The summed E-state index contributed by atoms with van der Waals surface area (Å²) in [4.78, 5) is 23.5. The topological polar surface area (TPSA) is 106 Å². The number of benzene rings is 2. The maximum atomic E-state index is 12.4. The van der Waals surface area contributed by atoms with Crippen molar-refractivity contribution in [2.75, 3.05) is 11.1 Å². The molecule has 0 aliphatic carbocycles. The number of carbonyl (C=O) groups excluding carboxylic acids is 1. The van der Waals surface area contributed by atoms with Crippen LogP contribution >= 0.6 is 23.4 Å². The van der Waals surface area contributed by atoms with E-state index in [0.29, 0.717) is 17.5 Å². The maximum absolute atomic E-state index is 12.4. The molecule has 31 heavy (non-hydrogen) atoms. The number of anilines is 1. The van der Waals surface area contributed by atoms with Crippen LogP contribution in [0.4, 0.5) is 5.69 Å². The lowest BCUT2D eigenvalue weighted by Crippen LogP contribution is -2.16. The molecule has 1 heterocycles. The van der Waals surface area contributed by atoms with E-state index in [4.69, 9.17) is 21.4 Å². The minimum absolute atomic E-state index is 0.0372. The Morgan fingerprint density at radius 1 is 1.23 bits per heavy atom. The zero-order chi connectivity index (χ0) is 22.4. The van der Waals surface area contributed by atoms with Gasteiger partial charge in [-0.15, -0.1) is 10.2 Å². The summed E-state index contributed by atoms with van der Waals surface area (Å²) in [6.45, 7) is 4.46. The molecule has 10 heteroatoms. The number of para-hydroxylation sites is 1. The number of nitrogens with zero attached hydrogens (tertiary/aromatic N) is 3. The number of nitrogens with one attached hydrogen (secondary N) is 1. The third kappa shape index (κ3) is 5.77. The van der Waals surface area contributed by atoms with Crippen molar-refractivity contribution in [2.24, 2.45) is 0 Å². The molecular weight excluding hydrogens is 440 g/mol. The van der Waals surface area contributed by atoms with Crippen molar-refractivity contribution < 1.29 is 19.4 Å². The Labute approximate surface area is 188 Å². The first-order valence-electron chi connectivity index (χ1n) is 9.49. The molecule has 1 atom stereocenters. The van der Waals surface area contributed by atoms with E-state index in [9.17, 15) is 9.59 Å². The predicted octanol–water partition coefficient (Wildman–Crippen LogP) is 4.52. The largest absolute Gasteiger partial charge is 0.483 e. The first-order valence-corrected chi connectivity index (χ1v) is 10.9. The number of hydrogen-bond donors (Lipinski definition) is 2. The van der Waals surface area contributed by atoms with Crippen molar-refractivity contribution in [1.29, 1.82) is 0 Å². The molecule has 2 N–H and O–H groups in total. The van der Waals surface area contributed by atoms with Gasteiger partial charge in [0, 0.05) is 6.54 Å². The Balaban J connectivity index is 1.65. The fourth-order valence-corrected chi connectivity index (χ4v) is 3.81. The molecule has 8 nitrogen and oxygen atoms in total. The van der Waals surface area contributed by atoms with Crippen LogP contribution in [0.25, 0.3) is 0 Å². The Morgan fingerprint density at radius 3 is 2.65 bits per heavy atom. The molecule has 0 radical (unpaired) electrons. The van der Waals surface area contributed by atoms with Gasteiger partial charge in [-0.25, -0.2) is 4.79 Å². The molecule has 0 aliphatic heterocycles. The van der Waals surface area contributed by atoms with E-state index in [1.807, 2.05) is 48.7 Å². The molecule has 1 aromatic heterocycles. The summed E-state index contributed by atoms with van der Waals surface area (Å²) < 4.78 is 7.82. The van der Waals surface area contributed by atoms with E-state index >= 15 is 0 Å². The third-order valence-corrected chi connectivity index (χ3v) is 5.60. The van der Waals surface area contributed by atoms with Crippen LogP contribution in [-0.2, 0) is 11.3 Å². The van der Waals surface area contributed by atoms with Gasteiger partial charge in [-0.1, -0.05) is 41.6 Å². The SMILES string of the molecule is CCn1c(SCC(=O)Nc2cc(C(=O)O)ccc2Cl)nnc1C(C)Oc1ccccc1. The van der Waals surface area contributed by atoms with Crippen LogP contribution in [0.1, 0.15) is 36.1 Å². The second kappa shape index (κ2) is 10.3. The van der Waals surface area contributed by atoms with Gasteiger partial charge < -0.3 is 19.7 Å². The van der Waals surface area contributed by atoms with Crippen LogP contribution in [0.15, 0.2) is 53.7 Å². The molecule has 0 bridgehead atoms. The summed E-state index contributed by atoms with van der Waals surface area (Å²) in [6.07, 6.45) is -0.324. The summed E-state index contributed by atoms with van der Waals surface area (Å²) in [5, 5.41) is 21.0. The summed E-state index contributed by atoms with van der Waals surface area (Å²) in [7, 11) is 0. The number of amides is 1. The van der Waals surface area contributed by atoms with Gasteiger partial charge in [0.2, 0.25) is 5.91 Å². The van der Waals surface area contributed by atoms with Crippen molar-refractivity contribution >= 4 is 40.9 Å². The number of halogens is 1. The van der Waals surface area contributed by atoms with Gasteiger partial charge in [0.15, 0.2) is 17.1 Å². The highest BCUT2D eigenvalue weighted by Crippen LogP contribution is 2.26. The number of ether oxygens (including phenoxy) is 1. The molecule has 0 spiro atoms. The lowest BCUT2D eigenvalue weighted by Gasteiger charge is -2.15. The summed E-state index contributed by atoms with van der Waals surface area (Å²) in [5.74, 6) is 0.00742. The number of aromatic carboxylic acids is 1. The van der Waals surface area contributed by atoms with Crippen LogP contribution in [-0.4, -0.2) is 37.5 Å². The van der Waals surface area contributed by atoms with Crippen molar-refractivity contribution in [2.45, 2.75) is 31.7 Å². The Hall–Kier alpha value is -3.04. The molecule has 3 rings (SSSR count). The third-order valence-electron chi connectivity index (χ3n) is 4.30. The van der Waals surface area contributed by atoms with Crippen LogP contribution in [0, 0.1) is 0 Å². The second-order valence-corrected chi connectivity index (χ2v) is 7.84. The lowest BCUT2D eigenvalue weighted by molar-refractivity contribution is -0.113. The standard InChI is InChI=1S/C21H21ClN4O4S/c1-3-26-19(13(2)30-15-7-5-4-6-8-15)24-25-21(26)31-12-18(27)23-17-11-14(20(28)29)9-10-16(17)22/h4-11,13H,3,12H2,1-2H3,(H,23,27)(H,28,29). The van der Waals surface area contributed by atoms with E-state index in [-0.39, 0.29) is 34.0 Å². The molecule has 162 valence electrons. The normalized spacial score (nSPS) is 11.7. The zero-order valence-electron chi connectivity index (χ0n) is 16.9. The van der Waals surface area contributed by atoms with E-state index in [1.54, 1.807) is 0 Å². The second-order valence-electron chi connectivity index (χ2n) is 6.49. The van der Waals surface area contributed by atoms with Gasteiger partial charge in [-0.3, -0.25) is 4.79 Å². The molecule has 2 aromatic carbocycles. The number of rotatable bonds is 9. The highest BCUT2D eigenvalue weighted by Gasteiger charge is 2.20. The van der Waals surface area contributed by atoms with E-state index in [0.717, 1.165) is 5.75 Å². The van der Waals surface area contributed by atoms with Crippen molar-refractivity contribution in [3.63, 3.8) is 0 Å². The van der Waals surface area contributed by atoms with Crippen LogP contribution in [0.2, 0.25) is 5.02 Å². The zero-order valence-corrected chi connectivity index (χ0v) is 18.5. The summed E-state index contributed by atoms with van der Waals surface area (Å²) in [6, 6.07) is 13.6. The molecule has 0 fully saturated rings. The molecule has 1 unspecified atom stereocenters. The van der Waals surface area contributed by atoms with E-state index < -0.39 is 5.97 Å². The van der Waals surface area contributed by atoms with Crippen molar-refractivity contribution in [1.82, 2.24) is 14.8 Å². The average Bonchev–Trinajstić information content (AvgIpc) is 3.17. The van der Waals surface area contributed by atoms with E-state index in [2.05, 4.69) is 15.5 Å². The predicted molar refractivity (Wildman–Crippen MR) is 119 cm³/mol. The number of carbonyl (C=O) groups is 2. The number of hydrogen-bond acceptors (Lipinski definition) is 6. The molecule has 0 saturated heterocycles. The first kappa shape index (κ1) is 22.6. The van der Waals surface area contributed by atoms with Crippen molar-refractivity contribution in [3.05, 3.63) is 64.9 Å². The Bertz CT molecular complexity index is 1070. The number of carboxylic acids is 1. The fourth-order valence-electron chi connectivity index (χ4n) is 2.83. The monoisotopic (exact) mass is 460 g/mol. The van der Waals surface area contributed by atoms with Gasteiger partial charge in [0.05, 0.1) is 22.0 Å². The quantitative estimate of drug-likeness (QED) is 0.452. The lowest BCUT2D eigenvalue weighted by atomic mass is 10.2. The van der Waals surface area contributed by atoms with Gasteiger partial charge in [-0.05, 0) is 44.2 Å². The number of carboxylic acid groups (broad SMARTS) is 1. The molecule has 1 amide bonds. The first-order chi connectivity index (χ1) is 14.9. The van der Waals surface area contributed by atoms with Crippen molar-refractivity contribution in [3.8, 4) is 5.75 Å². The minimum Gasteiger partial charge on any atom is -0.483 e. The molecular formula is C21H21ClN4O4S. The Kier molecular flexibility index (Phi) is 7.54. The van der Waals surface area contributed by atoms with E-state index in [1.165, 1.54) is 30.0 Å². The van der Waals surface area contributed by atoms with Gasteiger partial charge in [0.25, 0.3) is 0 Å². The van der Waals surface area contributed by atoms with Gasteiger partial charge >= 0.3 is 5.97 Å². The van der Waals surface area contributed by atoms with Crippen LogP contribution < -0.4 is 10.1 Å². The fraction of sp³-hybridized carbons (Fsp3) is 0.238. The minimum atomic E-state index is -1.10. The van der Waals surface area contributed by atoms with Crippen LogP contribution in [0.3, 0.4) is 0 Å². The highest BCUT2D eigenvalue weighted by atomic mass is 35.5. The number of aromatic nitrogens is 3. The Morgan fingerprint density at radius 2 is 1.97 bits per heavy atom. The average molecular weight is 461 g/mol.